The van der Waals surface area contributed by atoms with Crippen molar-refractivity contribution >= 4 is 5.78 Å². The zero-order chi connectivity index (χ0) is 12.7. The molecule has 1 fully saturated rings. The van der Waals surface area contributed by atoms with Crippen LogP contribution in [0.15, 0.2) is 0 Å². The molecule has 0 amide bonds. The summed E-state index contributed by atoms with van der Waals surface area (Å²) in [6.45, 7) is 10.6. The molecule has 1 saturated heterocycles. The van der Waals surface area contributed by atoms with Crippen LogP contribution < -0.4 is 0 Å². The Labute approximate surface area is 106 Å². The van der Waals surface area contributed by atoms with Crippen LogP contribution in [0, 0.1) is 11.8 Å². The van der Waals surface area contributed by atoms with Crippen molar-refractivity contribution in [3.8, 4) is 0 Å². The second kappa shape index (κ2) is 7.83. The van der Waals surface area contributed by atoms with E-state index in [2.05, 4.69) is 25.7 Å². The summed E-state index contributed by atoms with van der Waals surface area (Å²) in [6.07, 6.45) is 3.32. The summed E-state index contributed by atoms with van der Waals surface area (Å²) in [5.41, 5.74) is 0. The summed E-state index contributed by atoms with van der Waals surface area (Å²) in [5, 5.41) is 0. The van der Waals surface area contributed by atoms with Crippen LogP contribution in [0.2, 0.25) is 0 Å². The van der Waals surface area contributed by atoms with Crippen molar-refractivity contribution in [1.29, 1.82) is 0 Å². The first-order valence-corrected chi connectivity index (χ1v) is 7.03. The van der Waals surface area contributed by atoms with Crippen molar-refractivity contribution < 1.29 is 9.53 Å². The van der Waals surface area contributed by atoms with Crippen LogP contribution in [0.1, 0.15) is 40.0 Å². The summed E-state index contributed by atoms with van der Waals surface area (Å²) < 4.78 is 5.28. The van der Waals surface area contributed by atoms with Gasteiger partial charge in [0.1, 0.15) is 0 Å². The van der Waals surface area contributed by atoms with E-state index in [-0.39, 0.29) is 5.92 Å². The predicted molar refractivity (Wildman–Crippen MR) is 70.1 cm³/mol. The van der Waals surface area contributed by atoms with Crippen LogP contribution in [0.25, 0.3) is 0 Å². The molecule has 1 aliphatic heterocycles. The van der Waals surface area contributed by atoms with Crippen molar-refractivity contribution in [3.63, 3.8) is 0 Å². The van der Waals surface area contributed by atoms with Crippen LogP contribution in [-0.4, -0.2) is 43.5 Å². The van der Waals surface area contributed by atoms with Crippen LogP contribution in [0.3, 0.4) is 0 Å². The Morgan fingerprint density at radius 3 is 2.53 bits per heavy atom. The van der Waals surface area contributed by atoms with E-state index in [1.54, 1.807) is 0 Å². The van der Waals surface area contributed by atoms with Gasteiger partial charge in [0, 0.05) is 19.1 Å². The monoisotopic (exact) mass is 241 g/mol. The zero-order valence-electron chi connectivity index (χ0n) is 11.6. The topological polar surface area (TPSA) is 29.5 Å². The van der Waals surface area contributed by atoms with Gasteiger partial charge in [-0.1, -0.05) is 33.6 Å². The van der Waals surface area contributed by atoms with Gasteiger partial charge in [0.05, 0.1) is 13.2 Å². The van der Waals surface area contributed by atoms with Gasteiger partial charge in [0.15, 0.2) is 5.78 Å². The third-order valence-electron chi connectivity index (χ3n) is 3.88. The molecule has 3 heteroatoms. The number of hydrogen-bond acceptors (Lipinski definition) is 3. The SMILES string of the molecule is CCC(CC)CN(CC)CC(=O)C1CCOC1. The number of ether oxygens (including phenoxy) is 1. The van der Waals surface area contributed by atoms with Gasteiger partial charge < -0.3 is 4.74 Å². The number of likely N-dealkylation sites (N-methyl/N-ethyl adjacent to an activating group) is 1. The van der Waals surface area contributed by atoms with E-state index < -0.39 is 0 Å². The third-order valence-corrected chi connectivity index (χ3v) is 3.88. The number of carbonyl (C=O) groups is 1. The average Bonchev–Trinajstić information content (AvgIpc) is 2.88. The molecule has 17 heavy (non-hydrogen) atoms. The highest BCUT2D eigenvalue weighted by molar-refractivity contribution is 5.83. The minimum Gasteiger partial charge on any atom is -0.381 e. The molecule has 3 nitrogen and oxygen atoms in total. The van der Waals surface area contributed by atoms with Gasteiger partial charge in [-0.15, -0.1) is 0 Å². The summed E-state index contributed by atoms with van der Waals surface area (Å²) >= 11 is 0. The number of ketones is 1. The van der Waals surface area contributed by atoms with E-state index >= 15 is 0 Å². The van der Waals surface area contributed by atoms with Gasteiger partial charge in [-0.3, -0.25) is 9.69 Å². The number of hydrogen-bond donors (Lipinski definition) is 0. The fourth-order valence-corrected chi connectivity index (χ4v) is 2.36. The smallest absolute Gasteiger partial charge is 0.152 e. The number of carbonyl (C=O) groups excluding carboxylic acids is 1. The van der Waals surface area contributed by atoms with Crippen molar-refractivity contribution in [2.45, 2.75) is 40.0 Å². The molecule has 0 spiro atoms. The largest absolute Gasteiger partial charge is 0.381 e. The summed E-state index contributed by atoms with van der Waals surface area (Å²) in [5.74, 6) is 1.25. The molecule has 100 valence electrons. The first-order valence-electron chi connectivity index (χ1n) is 7.03. The molecule has 0 aliphatic carbocycles. The second-order valence-corrected chi connectivity index (χ2v) is 5.04. The Kier molecular flexibility index (Phi) is 6.75. The minimum atomic E-state index is 0.158. The fraction of sp³-hybridized carbons (Fsp3) is 0.929. The maximum absolute atomic E-state index is 12.1. The second-order valence-electron chi connectivity index (χ2n) is 5.04. The highest BCUT2D eigenvalue weighted by atomic mass is 16.5. The maximum atomic E-state index is 12.1. The van der Waals surface area contributed by atoms with Crippen molar-refractivity contribution in [2.75, 3.05) is 32.8 Å². The number of nitrogens with zero attached hydrogens (tertiary/aromatic N) is 1. The Bertz CT molecular complexity index is 220. The predicted octanol–water partition coefficient (Wildman–Crippen LogP) is 2.35. The molecule has 0 N–H and O–H groups in total. The first-order chi connectivity index (χ1) is 8.21. The van der Waals surface area contributed by atoms with Gasteiger partial charge >= 0.3 is 0 Å². The van der Waals surface area contributed by atoms with Crippen LogP contribution >= 0.6 is 0 Å². The molecule has 1 rings (SSSR count). The lowest BCUT2D eigenvalue weighted by Gasteiger charge is -2.25. The number of Topliss-reactive ketones (excluding diaryl/α,β-unsaturated/α-hetero) is 1. The lowest BCUT2D eigenvalue weighted by atomic mass is 10.0. The lowest BCUT2D eigenvalue weighted by Crippen LogP contribution is -2.36. The van der Waals surface area contributed by atoms with Crippen LogP contribution in [-0.2, 0) is 9.53 Å². The number of rotatable bonds is 8. The van der Waals surface area contributed by atoms with Crippen molar-refractivity contribution in [2.24, 2.45) is 11.8 Å². The van der Waals surface area contributed by atoms with E-state index in [0.717, 1.165) is 32.0 Å². The standard InChI is InChI=1S/C14H27NO2/c1-4-12(5-2)9-15(6-3)10-14(16)13-7-8-17-11-13/h12-13H,4-11H2,1-3H3. The molecule has 1 aliphatic rings. The van der Waals surface area contributed by atoms with Gasteiger partial charge in [0.2, 0.25) is 0 Å². The molecule has 0 aromatic heterocycles. The van der Waals surface area contributed by atoms with Gasteiger partial charge in [0.25, 0.3) is 0 Å². The maximum Gasteiger partial charge on any atom is 0.152 e. The molecule has 1 atom stereocenters. The highest BCUT2D eigenvalue weighted by Crippen LogP contribution is 2.15. The molecule has 0 aromatic carbocycles. The van der Waals surface area contributed by atoms with E-state index in [1.807, 2.05) is 0 Å². The Morgan fingerprint density at radius 2 is 2.06 bits per heavy atom. The van der Waals surface area contributed by atoms with Gasteiger partial charge in [-0.05, 0) is 18.9 Å². The third kappa shape index (κ3) is 4.76. The average molecular weight is 241 g/mol. The summed E-state index contributed by atoms with van der Waals surface area (Å²) in [4.78, 5) is 14.3. The lowest BCUT2D eigenvalue weighted by molar-refractivity contribution is -0.124. The van der Waals surface area contributed by atoms with Crippen LogP contribution in [0.4, 0.5) is 0 Å². The van der Waals surface area contributed by atoms with E-state index in [0.29, 0.717) is 18.9 Å². The highest BCUT2D eigenvalue weighted by Gasteiger charge is 2.25. The van der Waals surface area contributed by atoms with Gasteiger partial charge in [-0.25, -0.2) is 0 Å². The molecule has 0 bridgehead atoms. The normalized spacial score (nSPS) is 20.4. The zero-order valence-corrected chi connectivity index (χ0v) is 11.6. The molecule has 0 radical (unpaired) electrons. The van der Waals surface area contributed by atoms with Crippen LogP contribution in [0.5, 0.6) is 0 Å². The molecule has 1 unspecified atom stereocenters. The van der Waals surface area contributed by atoms with Gasteiger partial charge in [-0.2, -0.15) is 0 Å². The first kappa shape index (κ1) is 14.7. The van der Waals surface area contributed by atoms with E-state index in [4.69, 9.17) is 4.74 Å². The molecule has 1 heterocycles. The van der Waals surface area contributed by atoms with E-state index in [1.165, 1.54) is 12.8 Å². The minimum absolute atomic E-state index is 0.158. The summed E-state index contributed by atoms with van der Waals surface area (Å²) in [6, 6.07) is 0. The Balaban J connectivity index is 2.37. The Morgan fingerprint density at radius 1 is 1.35 bits per heavy atom. The van der Waals surface area contributed by atoms with E-state index in [9.17, 15) is 4.79 Å². The molecular weight excluding hydrogens is 214 g/mol. The fourth-order valence-electron chi connectivity index (χ4n) is 2.36. The quantitative estimate of drug-likeness (QED) is 0.653. The molecule has 0 aromatic rings. The Hall–Kier alpha value is -0.410. The molecule has 0 saturated carbocycles. The molecular formula is C14H27NO2. The van der Waals surface area contributed by atoms with Crippen molar-refractivity contribution in [1.82, 2.24) is 4.90 Å². The summed E-state index contributed by atoms with van der Waals surface area (Å²) in [7, 11) is 0. The van der Waals surface area contributed by atoms with Crippen molar-refractivity contribution in [3.05, 3.63) is 0 Å².